The average Bonchev–Trinajstić information content (AvgIpc) is 2.25. The number of rotatable bonds is 6. The van der Waals surface area contributed by atoms with Gasteiger partial charge in [0.05, 0.1) is 0 Å². The third-order valence-electron chi connectivity index (χ3n) is 2.83. The fraction of sp³-hybridized carbons (Fsp3) is 1.00. The van der Waals surface area contributed by atoms with Gasteiger partial charge in [0.25, 0.3) is 0 Å². The zero-order chi connectivity index (χ0) is 10.2. The molecule has 3 heteroatoms. The van der Waals surface area contributed by atoms with E-state index in [1.54, 1.807) is 0 Å². The molecule has 1 atom stereocenters. The van der Waals surface area contributed by atoms with Crippen LogP contribution in [0.5, 0.6) is 0 Å². The van der Waals surface area contributed by atoms with Gasteiger partial charge in [-0.15, -0.1) is 0 Å². The van der Waals surface area contributed by atoms with Crippen molar-refractivity contribution in [1.82, 2.24) is 10.2 Å². The fourth-order valence-corrected chi connectivity index (χ4v) is 2.74. The third-order valence-corrected chi connectivity index (χ3v) is 3.78. The van der Waals surface area contributed by atoms with Crippen molar-refractivity contribution < 1.29 is 0 Å². The first-order chi connectivity index (χ1) is 6.84. The molecule has 0 spiro atoms. The van der Waals surface area contributed by atoms with Gasteiger partial charge >= 0.3 is 0 Å². The van der Waals surface area contributed by atoms with Gasteiger partial charge in [-0.05, 0) is 32.9 Å². The van der Waals surface area contributed by atoms with E-state index in [4.69, 9.17) is 0 Å². The Bertz CT molecular complexity index is 135. The first kappa shape index (κ1) is 12.3. The van der Waals surface area contributed by atoms with Crippen LogP contribution in [0.3, 0.4) is 0 Å². The van der Waals surface area contributed by atoms with Crippen molar-refractivity contribution in [3.05, 3.63) is 0 Å². The summed E-state index contributed by atoms with van der Waals surface area (Å²) in [7, 11) is 0. The van der Waals surface area contributed by atoms with Gasteiger partial charge in [-0.2, -0.15) is 11.8 Å². The summed E-state index contributed by atoms with van der Waals surface area (Å²) in [4.78, 5) is 2.63. The van der Waals surface area contributed by atoms with Crippen LogP contribution in [-0.2, 0) is 0 Å². The van der Waals surface area contributed by atoms with Crippen LogP contribution < -0.4 is 5.32 Å². The Morgan fingerprint density at radius 3 is 2.64 bits per heavy atom. The predicted molar refractivity (Wildman–Crippen MR) is 66.1 cm³/mol. The van der Waals surface area contributed by atoms with E-state index in [0.29, 0.717) is 0 Å². The molecule has 0 aromatic heterocycles. The zero-order valence-electron chi connectivity index (χ0n) is 9.59. The molecular weight excluding hydrogens is 192 g/mol. The van der Waals surface area contributed by atoms with E-state index < -0.39 is 0 Å². The smallest absolute Gasteiger partial charge is 0.00796 e. The van der Waals surface area contributed by atoms with E-state index in [0.717, 1.165) is 6.04 Å². The lowest BCUT2D eigenvalue weighted by molar-refractivity contribution is 0.219. The number of nitrogens with one attached hydrogen (secondary N) is 1. The van der Waals surface area contributed by atoms with Gasteiger partial charge in [0, 0.05) is 30.6 Å². The summed E-state index contributed by atoms with van der Waals surface area (Å²) in [6.07, 6.45) is 2.54. The Balaban J connectivity index is 2.04. The molecule has 2 nitrogen and oxygen atoms in total. The van der Waals surface area contributed by atoms with Gasteiger partial charge in [0.1, 0.15) is 0 Å². The van der Waals surface area contributed by atoms with Crippen LogP contribution in [-0.4, -0.2) is 48.6 Å². The summed E-state index contributed by atoms with van der Waals surface area (Å²) in [5, 5.41) is 3.47. The van der Waals surface area contributed by atoms with Crippen LogP contribution in [0.4, 0.5) is 0 Å². The van der Waals surface area contributed by atoms with Crippen molar-refractivity contribution in [2.45, 2.75) is 32.7 Å². The first-order valence-corrected chi connectivity index (χ1v) is 7.02. The van der Waals surface area contributed by atoms with Crippen molar-refractivity contribution >= 4 is 11.8 Å². The van der Waals surface area contributed by atoms with Crippen molar-refractivity contribution in [3.8, 4) is 0 Å². The van der Waals surface area contributed by atoms with Crippen molar-refractivity contribution in [2.75, 3.05) is 37.7 Å². The van der Waals surface area contributed by atoms with Crippen LogP contribution in [0.15, 0.2) is 0 Å². The normalized spacial score (nSPS) is 21.0. The summed E-state index contributed by atoms with van der Waals surface area (Å²) >= 11 is 2.09. The minimum absolute atomic E-state index is 0.764. The second kappa shape index (κ2) is 7.55. The molecule has 1 aliphatic rings. The first-order valence-electron chi connectivity index (χ1n) is 5.87. The summed E-state index contributed by atoms with van der Waals surface area (Å²) in [5.41, 5.74) is 0. The Morgan fingerprint density at radius 1 is 1.29 bits per heavy atom. The highest BCUT2D eigenvalue weighted by molar-refractivity contribution is 7.99. The average molecular weight is 216 g/mol. The van der Waals surface area contributed by atoms with Gasteiger partial charge < -0.3 is 5.32 Å². The summed E-state index contributed by atoms with van der Waals surface area (Å²) < 4.78 is 0. The van der Waals surface area contributed by atoms with Crippen LogP contribution in [0.1, 0.15) is 26.7 Å². The highest BCUT2D eigenvalue weighted by Crippen LogP contribution is 2.13. The standard InChI is InChI=1S/C11H24N2S/c1-3-5-12-6-4-11(2)13-7-9-14-10-8-13/h11-12H,3-10H2,1-2H3. The number of nitrogens with zero attached hydrogens (tertiary/aromatic N) is 1. The molecule has 14 heavy (non-hydrogen) atoms. The Hall–Kier alpha value is 0.270. The molecule has 0 aliphatic carbocycles. The molecule has 1 rings (SSSR count). The van der Waals surface area contributed by atoms with Gasteiger partial charge in [-0.1, -0.05) is 6.92 Å². The minimum atomic E-state index is 0.764. The Labute approximate surface area is 92.8 Å². The van der Waals surface area contributed by atoms with Crippen LogP contribution >= 0.6 is 11.8 Å². The third kappa shape index (κ3) is 4.67. The predicted octanol–water partition coefficient (Wildman–Crippen LogP) is 1.81. The molecular formula is C11H24N2S. The SMILES string of the molecule is CCCNCCC(C)N1CCSCC1. The molecule has 0 aromatic carbocycles. The maximum atomic E-state index is 3.47. The molecule has 1 N–H and O–H groups in total. The van der Waals surface area contributed by atoms with Crippen LogP contribution in [0.2, 0.25) is 0 Å². The highest BCUT2D eigenvalue weighted by atomic mass is 32.2. The molecule has 0 bridgehead atoms. The summed E-state index contributed by atoms with van der Waals surface area (Å²) in [5.74, 6) is 2.65. The quantitative estimate of drug-likeness (QED) is 0.682. The topological polar surface area (TPSA) is 15.3 Å². The van der Waals surface area contributed by atoms with E-state index in [-0.39, 0.29) is 0 Å². The molecule has 1 aliphatic heterocycles. The maximum absolute atomic E-state index is 3.47. The molecule has 0 aromatic rings. The Kier molecular flexibility index (Phi) is 6.65. The lowest BCUT2D eigenvalue weighted by Crippen LogP contribution is -2.40. The number of hydrogen-bond donors (Lipinski definition) is 1. The van der Waals surface area contributed by atoms with E-state index >= 15 is 0 Å². The fourth-order valence-electron chi connectivity index (χ4n) is 1.81. The molecule has 1 fully saturated rings. The van der Waals surface area contributed by atoms with E-state index in [9.17, 15) is 0 Å². The van der Waals surface area contributed by atoms with E-state index in [1.807, 2.05) is 0 Å². The van der Waals surface area contributed by atoms with Gasteiger partial charge in [0.15, 0.2) is 0 Å². The van der Waals surface area contributed by atoms with E-state index in [2.05, 4.69) is 35.8 Å². The lowest BCUT2D eigenvalue weighted by Gasteiger charge is -2.32. The second-order valence-electron chi connectivity index (χ2n) is 4.04. The van der Waals surface area contributed by atoms with Gasteiger partial charge in [0.2, 0.25) is 0 Å². The summed E-state index contributed by atoms with van der Waals surface area (Å²) in [6, 6.07) is 0.764. The number of hydrogen-bond acceptors (Lipinski definition) is 3. The molecule has 0 amide bonds. The van der Waals surface area contributed by atoms with E-state index in [1.165, 1.54) is 50.5 Å². The van der Waals surface area contributed by atoms with Gasteiger partial charge in [-0.3, -0.25) is 4.90 Å². The largest absolute Gasteiger partial charge is 0.317 e. The minimum Gasteiger partial charge on any atom is -0.317 e. The molecule has 84 valence electrons. The van der Waals surface area contributed by atoms with Crippen LogP contribution in [0.25, 0.3) is 0 Å². The maximum Gasteiger partial charge on any atom is 0.00796 e. The summed E-state index contributed by atoms with van der Waals surface area (Å²) in [6.45, 7) is 9.52. The van der Waals surface area contributed by atoms with Gasteiger partial charge in [-0.25, -0.2) is 0 Å². The second-order valence-corrected chi connectivity index (χ2v) is 5.26. The molecule has 1 heterocycles. The zero-order valence-corrected chi connectivity index (χ0v) is 10.4. The monoisotopic (exact) mass is 216 g/mol. The Morgan fingerprint density at radius 2 is 2.00 bits per heavy atom. The van der Waals surface area contributed by atoms with Crippen molar-refractivity contribution in [2.24, 2.45) is 0 Å². The number of thioether (sulfide) groups is 1. The van der Waals surface area contributed by atoms with Crippen molar-refractivity contribution in [1.29, 1.82) is 0 Å². The molecule has 0 radical (unpaired) electrons. The molecule has 0 saturated carbocycles. The van der Waals surface area contributed by atoms with Crippen LogP contribution in [0, 0.1) is 0 Å². The molecule has 1 saturated heterocycles. The lowest BCUT2D eigenvalue weighted by atomic mass is 10.2. The molecule has 1 unspecified atom stereocenters. The highest BCUT2D eigenvalue weighted by Gasteiger charge is 2.15. The van der Waals surface area contributed by atoms with Crippen molar-refractivity contribution in [3.63, 3.8) is 0 Å².